The van der Waals surface area contributed by atoms with Gasteiger partial charge in [0.05, 0.1) is 19.6 Å². The van der Waals surface area contributed by atoms with E-state index in [9.17, 15) is 9.59 Å². The van der Waals surface area contributed by atoms with Crippen molar-refractivity contribution in [1.82, 2.24) is 15.1 Å². The quantitative estimate of drug-likeness (QED) is 0.408. The van der Waals surface area contributed by atoms with Crippen molar-refractivity contribution < 1.29 is 19.1 Å². The molecule has 0 spiro atoms. The number of hydrogen-bond acceptors (Lipinski definition) is 6. The number of unbranched alkanes of at least 4 members (excludes halogenated alkanes) is 2. The molecule has 0 aromatic heterocycles. The average Bonchev–Trinajstić information content (AvgIpc) is 3.38. The Morgan fingerprint density at radius 1 is 1.00 bits per heavy atom. The number of likely N-dealkylation sites (tertiary alicyclic amines) is 1. The van der Waals surface area contributed by atoms with Crippen molar-refractivity contribution in [2.75, 3.05) is 33.1 Å². The van der Waals surface area contributed by atoms with Gasteiger partial charge in [-0.15, -0.1) is 11.8 Å². The Morgan fingerprint density at radius 3 is 2.42 bits per heavy atom. The molecule has 0 saturated carbocycles. The summed E-state index contributed by atoms with van der Waals surface area (Å²) in [5.41, 5.74) is 1.83. The van der Waals surface area contributed by atoms with E-state index in [0.29, 0.717) is 22.8 Å². The van der Waals surface area contributed by atoms with Crippen molar-refractivity contribution in [1.29, 1.82) is 0 Å². The van der Waals surface area contributed by atoms with Crippen LogP contribution in [-0.2, 0) is 11.3 Å². The first-order valence-electron chi connectivity index (χ1n) is 13.8. The van der Waals surface area contributed by atoms with E-state index in [1.54, 1.807) is 44.2 Å². The lowest BCUT2D eigenvalue weighted by Crippen LogP contribution is -2.53. The second-order valence-corrected chi connectivity index (χ2v) is 11.3. The third-order valence-electron chi connectivity index (χ3n) is 7.50. The normalized spacial score (nSPS) is 20.3. The third-order valence-corrected chi connectivity index (χ3v) is 8.85. The van der Waals surface area contributed by atoms with Crippen molar-refractivity contribution in [3.05, 3.63) is 59.7 Å². The van der Waals surface area contributed by atoms with Crippen molar-refractivity contribution in [2.45, 2.75) is 69.5 Å². The molecule has 0 radical (unpaired) electrons. The Labute approximate surface area is 231 Å². The molecule has 2 saturated heterocycles. The molecule has 2 unspecified atom stereocenters. The van der Waals surface area contributed by atoms with Gasteiger partial charge < -0.3 is 19.7 Å². The smallest absolute Gasteiger partial charge is 0.255 e. The first-order valence-corrected chi connectivity index (χ1v) is 14.8. The summed E-state index contributed by atoms with van der Waals surface area (Å²) < 4.78 is 10.8. The lowest BCUT2D eigenvalue weighted by atomic mass is 10.0. The number of amides is 2. The highest BCUT2D eigenvalue weighted by atomic mass is 32.2. The zero-order valence-corrected chi connectivity index (χ0v) is 23.7. The highest BCUT2D eigenvalue weighted by Gasteiger charge is 2.42. The molecule has 206 valence electrons. The number of thioether (sulfide) groups is 1. The SMILES string of the molecule is CCCCCC1SCC(C(=O)NC2CCN(Cc3ccccc3)CC2)N1C(=O)c1ccc(OC)c(OC)c1. The van der Waals surface area contributed by atoms with Crippen molar-refractivity contribution >= 4 is 23.6 Å². The highest BCUT2D eigenvalue weighted by Crippen LogP contribution is 2.36. The molecule has 0 aliphatic carbocycles. The standard InChI is InChI=1S/C30H41N3O4S/c1-4-5-7-12-28-33(30(35)23-13-14-26(36-2)27(19-23)37-3)25(21-38-28)29(34)31-24-15-17-32(18-16-24)20-22-10-8-6-9-11-22/h6,8-11,13-14,19,24-25,28H,4-5,7,12,15-18,20-21H2,1-3H3,(H,31,34). The van der Waals surface area contributed by atoms with E-state index < -0.39 is 6.04 Å². The minimum atomic E-state index is -0.477. The first kappa shape index (κ1) is 28.3. The van der Waals surface area contributed by atoms with Gasteiger partial charge in [-0.1, -0.05) is 56.5 Å². The van der Waals surface area contributed by atoms with Crippen molar-refractivity contribution in [2.24, 2.45) is 0 Å². The third kappa shape index (κ3) is 7.03. The number of methoxy groups -OCH3 is 2. The summed E-state index contributed by atoms with van der Waals surface area (Å²) in [6.07, 6.45) is 6.00. The Hall–Kier alpha value is -2.71. The molecule has 1 N–H and O–H groups in total. The van der Waals surface area contributed by atoms with E-state index in [4.69, 9.17) is 9.47 Å². The number of carbonyl (C=O) groups is 2. The van der Waals surface area contributed by atoms with Gasteiger partial charge in [-0.25, -0.2) is 0 Å². The minimum Gasteiger partial charge on any atom is -0.493 e. The number of hydrogen-bond donors (Lipinski definition) is 1. The van der Waals surface area contributed by atoms with E-state index in [-0.39, 0.29) is 23.2 Å². The summed E-state index contributed by atoms with van der Waals surface area (Å²) in [4.78, 5) is 31.6. The molecule has 2 fully saturated rings. The largest absolute Gasteiger partial charge is 0.493 e. The van der Waals surface area contributed by atoms with Gasteiger partial charge in [0.15, 0.2) is 11.5 Å². The average molecular weight is 540 g/mol. The van der Waals surface area contributed by atoms with Crippen molar-refractivity contribution in [3.63, 3.8) is 0 Å². The fourth-order valence-electron chi connectivity index (χ4n) is 5.32. The summed E-state index contributed by atoms with van der Waals surface area (Å²) in [6, 6.07) is 15.4. The van der Waals surface area contributed by atoms with Gasteiger partial charge in [-0.05, 0) is 43.0 Å². The second-order valence-electron chi connectivity index (χ2n) is 10.1. The van der Waals surface area contributed by atoms with Gasteiger partial charge >= 0.3 is 0 Å². The van der Waals surface area contributed by atoms with Crippen LogP contribution in [0.3, 0.4) is 0 Å². The van der Waals surface area contributed by atoms with Crippen LogP contribution in [0, 0.1) is 0 Å². The van der Waals surface area contributed by atoms with Crippen LogP contribution in [0.5, 0.6) is 11.5 Å². The molecule has 2 aliphatic rings. The summed E-state index contributed by atoms with van der Waals surface area (Å²) in [6.45, 7) is 5.02. The topological polar surface area (TPSA) is 71.1 Å². The van der Waals surface area contributed by atoms with E-state index in [1.165, 1.54) is 5.56 Å². The zero-order chi connectivity index (χ0) is 26.9. The van der Waals surface area contributed by atoms with Crippen LogP contribution < -0.4 is 14.8 Å². The van der Waals surface area contributed by atoms with Crippen LogP contribution in [0.2, 0.25) is 0 Å². The lowest BCUT2D eigenvalue weighted by Gasteiger charge is -2.34. The molecule has 8 heteroatoms. The summed E-state index contributed by atoms with van der Waals surface area (Å²) in [5, 5.41) is 3.28. The molecular formula is C30H41N3O4S. The molecule has 2 atom stereocenters. The van der Waals surface area contributed by atoms with Crippen LogP contribution in [0.4, 0.5) is 0 Å². The van der Waals surface area contributed by atoms with Gasteiger partial charge in [0.2, 0.25) is 5.91 Å². The molecule has 2 aliphatic heterocycles. The van der Waals surface area contributed by atoms with Crippen LogP contribution in [0.25, 0.3) is 0 Å². The maximum Gasteiger partial charge on any atom is 0.255 e. The maximum absolute atomic E-state index is 13.8. The number of benzene rings is 2. The second kappa shape index (κ2) is 13.9. The number of ether oxygens (including phenoxy) is 2. The van der Waals surface area contributed by atoms with Crippen LogP contribution in [0.1, 0.15) is 61.4 Å². The molecule has 2 aromatic rings. The molecule has 2 aromatic carbocycles. The van der Waals surface area contributed by atoms with E-state index >= 15 is 0 Å². The predicted octanol–water partition coefficient (Wildman–Crippen LogP) is 4.95. The molecule has 2 amide bonds. The van der Waals surface area contributed by atoms with Crippen LogP contribution in [-0.4, -0.2) is 72.1 Å². The molecular weight excluding hydrogens is 498 g/mol. The Balaban J connectivity index is 1.41. The highest BCUT2D eigenvalue weighted by molar-refractivity contribution is 8.00. The summed E-state index contributed by atoms with van der Waals surface area (Å²) in [7, 11) is 3.14. The Bertz CT molecular complexity index is 1060. The first-order chi connectivity index (χ1) is 18.5. The zero-order valence-electron chi connectivity index (χ0n) is 22.9. The maximum atomic E-state index is 13.8. The predicted molar refractivity (Wildman–Crippen MR) is 153 cm³/mol. The number of carbonyl (C=O) groups excluding carboxylic acids is 2. The molecule has 7 nitrogen and oxygen atoms in total. The lowest BCUT2D eigenvalue weighted by molar-refractivity contribution is -0.125. The molecule has 4 rings (SSSR count). The van der Waals surface area contributed by atoms with Crippen LogP contribution in [0.15, 0.2) is 48.5 Å². The molecule has 2 heterocycles. The monoisotopic (exact) mass is 539 g/mol. The molecule has 38 heavy (non-hydrogen) atoms. The fourth-order valence-corrected chi connectivity index (χ4v) is 6.77. The van der Waals surface area contributed by atoms with Gasteiger partial charge in [0.25, 0.3) is 5.91 Å². The van der Waals surface area contributed by atoms with Crippen LogP contribution >= 0.6 is 11.8 Å². The van der Waals surface area contributed by atoms with Gasteiger partial charge in [-0.3, -0.25) is 14.5 Å². The minimum absolute atomic E-state index is 0.00869. The Morgan fingerprint density at radius 2 is 1.74 bits per heavy atom. The van der Waals surface area contributed by atoms with E-state index in [1.807, 2.05) is 11.0 Å². The number of nitrogens with zero attached hydrogens (tertiary/aromatic N) is 2. The van der Waals surface area contributed by atoms with Gasteiger partial charge in [-0.2, -0.15) is 0 Å². The number of nitrogens with one attached hydrogen (secondary N) is 1. The van der Waals surface area contributed by atoms with Gasteiger partial charge in [0, 0.05) is 37.0 Å². The van der Waals surface area contributed by atoms with Gasteiger partial charge in [0.1, 0.15) is 6.04 Å². The van der Waals surface area contributed by atoms with E-state index in [2.05, 4.69) is 41.4 Å². The number of rotatable bonds is 11. The fraction of sp³-hybridized carbons (Fsp3) is 0.533. The summed E-state index contributed by atoms with van der Waals surface area (Å²) in [5.74, 6) is 1.54. The Kier molecular flexibility index (Phi) is 10.4. The molecule has 0 bridgehead atoms. The van der Waals surface area contributed by atoms with Crippen molar-refractivity contribution in [3.8, 4) is 11.5 Å². The van der Waals surface area contributed by atoms with E-state index in [0.717, 1.165) is 58.2 Å². The number of piperidine rings is 1. The summed E-state index contributed by atoms with van der Waals surface area (Å²) >= 11 is 1.72.